The van der Waals surface area contributed by atoms with Crippen molar-refractivity contribution in [1.82, 2.24) is 4.72 Å². The van der Waals surface area contributed by atoms with Crippen LogP contribution in [-0.2, 0) is 10.0 Å². The third-order valence-electron chi connectivity index (χ3n) is 2.96. The van der Waals surface area contributed by atoms with Gasteiger partial charge in [-0.2, -0.15) is 0 Å². The van der Waals surface area contributed by atoms with Crippen LogP contribution in [0.5, 0.6) is 0 Å². The molecule has 9 heteroatoms. The van der Waals surface area contributed by atoms with Gasteiger partial charge < -0.3 is 10.6 Å². The normalized spacial score (nSPS) is 11.1. The van der Waals surface area contributed by atoms with Gasteiger partial charge in [0.05, 0.1) is 20.6 Å². The standard InChI is InChI=1S/C15H15Cl2N3O2S2/c1-2-18-24(21,22)11-8-6-10(7-9-11)19-15(23)20-13-5-3-4-12(16)14(13)17/h3-9,18H,2H2,1H3,(H2,19,20,23). The van der Waals surface area contributed by atoms with Gasteiger partial charge in [0.1, 0.15) is 0 Å². The molecule has 0 fully saturated rings. The quantitative estimate of drug-likeness (QED) is 0.655. The van der Waals surface area contributed by atoms with E-state index in [1.807, 2.05) is 0 Å². The molecule has 0 spiro atoms. The maximum Gasteiger partial charge on any atom is 0.240 e. The second-order valence-electron chi connectivity index (χ2n) is 4.71. The SMILES string of the molecule is CCNS(=O)(=O)c1ccc(NC(=S)Nc2cccc(Cl)c2Cl)cc1. The molecule has 2 rings (SSSR count). The van der Waals surface area contributed by atoms with Gasteiger partial charge in [0, 0.05) is 12.2 Å². The van der Waals surface area contributed by atoms with Gasteiger partial charge in [0.2, 0.25) is 10.0 Å². The summed E-state index contributed by atoms with van der Waals surface area (Å²) in [5, 5.41) is 6.99. The number of hydrogen-bond donors (Lipinski definition) is 3. The molecule has 0 aliphatic carbocycles. The Labute approximate surface area is 156 Å². The van der Waals surface area contributed by atoms with Crippen molar-refractivity contribution in [2.45, 2.75) is 11.8 Å². The van der Waals surface area contributed by atoms with Crippen molar-refractivity contribution in [3.05, 3.63) is 52.5 Å². The number of benzene rings is 2. The lowest BCUT2D eigenvalue weighted by Crippen LogP contribution is -2.23. The number of halogens is 2. The van der Waals surface area contributed by atoms with Gasteiger partial charge >= 0.3 is 0 Å². The molecule has 0 aliphatic rings. The first-order valence-corrected chi connectivity index (χ1v) is 9.60. The summed E-state index contributed by atoms with van der Waals surface area (Å²) in [6.45, 7) is 2.05. The van der Waals surface area contributed by atoms with Crippen molar-refractivity contribution in [2.24, 2.45) is 0 Å². The van der Waals surface area contributed by atoms with Crippen LogP contribution in [0.1, 0.15) is 6.92 Å². The molecule has 0 aromatic heterocycles. The highest BCUT2D eigenvalue weighted by molar-refractivity contribution is 7.89. The third kappa shape index (κ3) is 4.81. The summed E-state index contributed by atoms with van der Waals surface area (Å²) in [6.07, 6.45) is 0. The lowest BCUT2D eigenvalue weighted by Gasteiger charge is -2.13. The molecule has 0 atom stereocenters. The van der Waals surface area contributed by atoms with E-state index in [-0.39, 0.29) is 4.90 Å². The summed E-state index contributed by atoms with van der Waals surface area (Å²) in [7, 11) is -3.47. The maximum atomic E-state index is 11.9. The molecule has 3 N–H and O–H groups in total. The van der Waals surface area contributed by atoms with Crippen molar-refractivity contribution < 1.29 is 8.42 Å². The molecular weight excluding hydrogens is 389 g/mol. The van der Waals surface area contributed by atoms with Crippen LogP contribution in [0, 0.1) is 0 Å². The Morgan fingerprint density at radius 1 is 1.08 bits per heavy atom. The summed E-state index contributed by atoms with van der Waals surface area (Å²) in [4.78, 5) is 0.187. The first-order chi connectivity index (χ1) is 11.3. The average Bonchev–Trinajstić information content (AvgIpc) is 2.52. The van der Waals surface area contributed by atoms with Gasteiger partial charge in [-0.3, -0.25) is 0 Å². The smallest absolute Gasteiger partial charge is 0.240 e. The lowest BCUT2D eigenvalue weighted by atomic mass is 10.3. The van der Waals surface area contributed by atoms with Crippen molar-refractivity contribution in [3.63, 3.8) is 0 Å². The van der Waals surface area contributed by atoms with Gasteiger partial charge in [-0.05, 0) is 48.6 Å². The zero-order chi connectivity index (χ0) is 17.7. The molecule has 24 heavy (non-hydrogen) atoms. The summed E-state index contributed by atoms with van der Waals surface area (Å²) in [6, 6.07) is 11.4. The Hall–Kier alpha value is -1.38. The van der Waals surface area contributed by atoms with E-state index in [4.69, 9.17) is 35.4 Å². The topological polar surface area (TPSA) is 70.2 Å². The molecule has 0 unspecified atom stereocenters. The highest BCUT2D eigenvalue weighted by Gasteiger charge is 2.12. The maximum absolute atomic E-state index is 11.9. The molecule has 0 heterocycles. The van der Waals surface area contributed by atoms with E-state index >= 15 is 0 Å². The second-order valence-corrected chi connectivity index (χ2v) is 7.67. The van der Waals surface area contributed by atoms with Crippen molar-refractivity contribution in [3.8, 4) is 0 Å². The molecule has 5 nitrogen and oxygen atoms in total. The summed E-state index contributed by atoms with van der Waals surface area (Å²) >= 11 is 17.2. The molecule has 0 saturated carbocycles. The van der Waals surface area contributed by atoms with Gasteiger partial charge in [-0.15, -0.1) is 0 Å². The fourth-order valence-electron chi connectivity index (χ4n) is 1.88. The monoisotopic (exact) mass is 403 g/mol. The Kier molecular flexibility index (Phi) is 6.42. The fraction of sp³-hybridized carbons (Fsp3) is 0.133. The third-order valence-corrected chi connectivity index (χ3v) is 5.54. The molecule has 0 aliphatic heterocycles. The Balaban J connectivity index is 2.06. The predicted octanol–water partition coefficient (Wildman–Crippen LogP) is 4.10. The fourth-order valence-corrected chi connectivity index (χ4v) is 3.49. The Bertz CT molecular complexity index is 840. The molecule has 0 radical (unpaired) electrons. The number of sulfonamides is 1. The average molecular weight is 404 g/mol. The van der Waals surface area contributed by atoms with Crippen LogP contribution in [0.2, 0.25) is 10.0 Å². The molecule has 2 aromatic carbocycles. The van der Waals surface area contributed by atoms with Crippen LogP contribution in [0.25, 0.3) is 0 Å². The summed E-state index contributed by atoms with van der Waals surface area (Å²) < 4.78 is 26.2. The first kappa shape index (κ1) is 19.0. The molecule has 0 bridgehead atoms. The summed E-state index contributed by atoms with van der Waals surface area (Å²) in [5.74, 6) is 0. The largest absolute Gasteiger partial charge is 0.332 e. The highest BCUT2D eigenvalue weighted by Crippen LogP contribution is 2.29. The number of anilines is 2. The van der Waals surface area contributed by atoms with Gasteiger partial charge in [-0.25, -0.2) is 13.1 Å². The van der Waals surface area contributed by atoms with Crippen LogP contribution >= 0.6 is 35.4 Å². The Morgan fingerprint density at radius 3 is 2.38 bits per heavy atom. The minimum Gasteiger partial charge on any atom is -0.332 e. The summed E-state index contributed by atoms with van der Waals surface area (Å²) in [5.41, 5.74) is 1.22. The zero-order valence-electron chi connectivity index (χ0n) is 12.6. The van der Waals surface area contributed by atoms with E-state index in [9.17, 15) is 8.42 Å². The molecule has 0 saturated heterocycles. The van der Waals surface area contributed by atoms with E-state index in [2.05, 4.69) is 15.4 Å². The van der Waals surface area contributed by atoms with Crippen LogP contribution in [0.15, 0.2) is 47.4 Å². The van der Waals surface area contributed by atoms with Crippen LogP contribution in [-0.4, -0.2) is 20.1 Å². The van der Waals surface area contributed by atoms with Crippen LogP contribution < -0.4 is 15.4 Å². The molecular formula is C15H15Cl2N3O2S2. The predicted molar refractivity (Wildman–Crippen MR) is 104 cm³/mol. The molecule has 128 valence electrons. The minimum atomic E-state index is -3.47. The van der Waals surface area contributed by atoms with Gasteiger partial charge in [0.25, 0.3) is 0 Å². The van der Waals surface area contributed by atoms with Crippen molar-refractivity contribution >= 4 is 61.9 Å². The van der Waals surface area contributed by atoms with E-state index < -0.39 is 10.0 Å². The van der Waals surface area contributed by atoms with E-state index in [0.29, 0.717) is 33.1 Å². The number of hydrogen-bond acceptors (Lipinski definition) is 3. The molecule has 2 aromatic rings. The van der Waals surface area contributed by atoms with Gasteiger partial charge in [-0.1, -0.05) is 36.2 Å². The van der Waals surface area contributed by atoms with E-state index in [0.717, 1.165) is 0 Å². The second kappa shape index (κ2) is 8.13. The Morgan fingerprint density at radius 2 is 1.75 bits per heavy atom. The molecule has 0 amide bonds. The van der Waals surface area contributed by atoms with Crippen LogP contribution in [0.4, 0.5) is 11.4 Å². The number of rotatable bonds is 5. The number of thiocarbonyl (C=S) groups is 1. The number of nitrogens with one attached hydrogen (secondary N) is 3. The van der Waals surface area contributed by atoms with Crippen molar-refractivity contribution in [1.29, 1.82) is 0 Å². The first-order valence-electron chi connectivity index (χ1n) is 6.95. The minimum absolute atomic E-state index is 0.187. The zero-order valence-corrected chi connectivity index (χ0v) is 15.8. The van der Waals surface area contributed by atoms with E-state index in [1.54, 1.807) is 37.3 Å². The highest BCUT2D eigenvalue weighted by atomic mass is 35.5. The van der Waals surface area contributed by atoms with Crippen molar-refractivity contribution in [2.75, 3.05) is 17.2 Å². The van der Waals surface area contributed by atoms with E-state index in [1.165, 1.54) is 12.1 Å². The van der Waals surface area contributed by atoms with Gasteiger partial charge in [0.15, 0.2) is 5.11 Å². The lowest BCUT2D eigenvalue weighted by molar-refractivity contribution is 0.584. The van der Waals surface area contributed by atoms with Crippen LogP contribution in [0.3, 0.4) is 0 Å².